The van der Waals surface area contributed by atoms with E-state index in [0.717, 1.165) is 51.1 Å². The summed E-state index contributed by atoms with van der Waals surface area (Å²) < 4.78 is 0. The standard InChI is InChI=1S/C17H26ClN3O/c1-3-4-10-20(2)16(14-6-5-7-15(18)13-14)17(22)21-11-8-19-9-12-21/h5-7,13,16,19H,3-4,8-12H2,1-2H3. The smallest absolute Gasteiger partial charge is 0.244 e. The highest BCUT2D eigenvalue weighted by Gasteiger charge is 2.30. The van der Waals surface area contributed by atoms with E-state index in [1.807, 2.05) is 36.2 Å². The summed E-state index contributed by atoms with van der Waals surface area (Å²) >= 11 is 6.14. The highest BCUT2D eigenvalue weighted by atomic mass is 35.5. The second-order valence-corrected chi connectivity index (χ2v) is 6.30. The van der Waals surface area contributed by atoms with Crippen molar-refractivity contribution in [1.82, 2.24) is 15.1 Å². The fraction of sp³-hybridized carbons (Fsp3) is 0.588. The van der Waals surface area contributed by atoms with E-state index in [1.165, 1.54) is 0 Å². The van der Waals surface area contributed by atoms with Gasteiger partial charge in [-0.25, -0.2) is 0 Å². The minimum Gasteiger partial charge on any atom is -0.338 e. The number of unbranched alkanes of at least 4 members (excludes halogenated alkanes) is 1. The number of carbonyl (C=O) groups excluding carboxylic acids is 1. The zero-order chi connectivity index (χ0) is 15.9. The molecule has 0 bridgehead atoms. The molecule has 1 fully saturated rings. The second-order valence-electron chi connectivity index (χ2n) is 5.87. The fourth-order valence-electron chi connectivity index (χ4n) is 2.86. The molecule has 0 saturated carbocycles. The number of likely N-dealkylation sites (N-methyl/N-ethyl adjacent to an activating group) is 1. The Balaban J connectivity index is 2.21. The van der Waals surface area contributed by atoms with Crippen molar-refractivity contribution in [3.8, 4) is 0 Å². The van der Waals surface area contributed by atoms with Crippen LogP contribution >= 0.6 is 11.6 Å². The third-order valence-corrected chi connectivity index (χ3v) is 4.37. The maximum Gasteiger partial charge on any atom is 0.244 e. The lowest BCUT2D eigenvalue weighted by Gasteiger charge is -2.35. The molecule has 5 heteroatoms. The monoisotopic (exact) mass is 323 g/mol. The van der Waals surface area contributed by atoms with Crippen molar-refractivity contribution in [3.63, 3.8) is 0 Å². The van der Waals surface area contributed by atoms with Gasteiger partial charge in [-0.3, -0.25) is 9.69 Å². The van der Waals surface area contributed by atoms with E-state index in [9.17, 15) is 4.79 Å². The molecule has 4 nitrogen and oxygen atoms in total. The van der Waals surface area contributed by atoms with E-state index in [1.54, 1.807) is 0 Å². The van der Waals surface area contributed by atoms with E-state index < -0.39 is 0 Å². The Hall–Kier alpha value is -1.10. The van der Waals surface area contributed by atoms with Crippen molar-refractivity contribution in [3.05, 3.63) is 34.9 Å². The Kier molecular flexibility index (Phi) is 6.68. The molecule has 22 heavy (non-hydrogen) atoms. The number of nitrogens with one attached hydrogen (secondary N) is 1. The molecule has 1 amide bonds. The van der Waals surface area contributed by atoms with E-state index >= 15 is 0 Å². The van der Waals surface area contributed by atoms with Gasteiger partial charge < -0.3 is 10.2 Å². The van der Waals surface area contributed by atoms with Gasteiger partial charge in [0.15, 0.2) is 0 Å². The van der Waals surface area contributed by atoms with E-state index in [4.69, 9.17) is 11.6 Å². The van der Waals surface area contributed by atoms with Crippen molar-refractivity contribution < 1.29 is 4.79 Å². The summed E-state index contributed by atoms with van der Waals surface area (Å²) in [5.41, 5.74) is 0.981. The van der Waals surface area contributed by atoms with Crippen LogP contribution in [0, 0.1) is 0 Å². The lowest BCUT2D eigenvalue weighted by atomic mass is 10.0. The van der Waals surface area contributed by atoms with Gasteiger partial charge in [-0.1, -0.05) is 37.1 Å². The molecule has 2 rings (SSSR count). The summed E-state index contributed by atoms with van der Waals surface area (Å²) in [6.45, 7) is 6.36. The van der Waals surface area contributed by atoms with Crippen molar-refractivity contribution in [2.75, 3.05) is 39.8 Å². The highest BCUT2D eigenvalue weighted by Crippen LogP contribution is 2.25. The van der Waals surface area contributed by atoms with E-state index in [0.29, 0.717) is 5.02 Å². The van der Waals surface area contributed by atoms with Gasteiger partial charge in [-0.15, -0.1) is 0 Å². The molecule has 0 aliphatic carbocycles. The number of nitrogens with zero attached hydrogens (tertiary/aromatic N) is 2. The molecule has 122 valence electrons. The van der Waals surface area contributed by atoms with Crippen LogP contribution in [0.1, 0.15) is 31.4 Å². The average molecular weight is 324 g/mol. The predicted molar refractivity (Wildman–Crippen MR) is 91.2 cm³/mol. The lowest BCUT2D eigenvalue weighted by molar-refractivity contribution is -0.137. The van der Waals surface area contributed by atoms with Crippen molar-refractivity contribution >= 4 is 17.5 Å². The first-order valence-corrected chi connectivity index (χ1v) is 8.46. The molecule has 0 spiro atoms. The molecule has 0 radical (unpaired) electrons. The van der Waals surface area contributed by atoms with Crippen LogP contribution in [0.15, 0.2) is 24.3 Å². The van der Waals surface area contributed by atoms with Crippen LogP contribution in [0.2, 0.25) is 5.02 Å². The average Bonchev–Trinajstić information content (AvgIpc) is 2.54. The lowest BCUT2D eigenvalue weighted by Crippen LogP contribution is -2.50. The topological polar surface area (TPSA) is 35.6 Å². The Labute approximate surface area is 138 Å². The summed E-state index contributed by atoms with van der Waals surface area (Å²) in [6, 6.07) is 7.43. The van der Waals surface area contributed by atoms with Gasteiger partial charge in [0.1, 0.15) is 6.04 Å². The molecule has 1 aliphatic rings. The summed E-state index contributed by atoms with van der Waals surface area (Å²) in [5.74, 6) is 0.183. The summed E-state index contributed by atoms with van der Waals surface area (Å²) in [5, 5.41) is 3.97. The summed E-state index contributed by atoms with van der Waals surface area (Å²) in [4.78, 5) is 17.1. The minimum atomic E-state index is -0.247. The van der Waals surface area contributed by atoms with Gasteiger partial charge in [0.25, 0.3) is 0 Å². The van der Waals surface area contributed by atoms with E-state index in [2.05, 4.69) is 17.1 Å². The zero-order valence-electron chi connectivity index (χ0n) is 13.5. The van der Waals surface area contributed by atoms with Gasteiger partial charge in [-0.05, 0) is 37.7 Å². The Morgan fingerprint density at radius 1 is 1.41 bits per heavy atom. The summed E-state index contributed by atoms with van der Waals surface area (Å²) in [6.07, 6.45) is 2.21. The number of rotatable bonds is 6. The maximum absolute atomic E-state index is 13.0. The molecule has 1 N–H and O–H groups in total. The normalized spacial score (nSPS) is 16.8. The highest BCUT2D eigenvalue weighted by molar-refractivity contribution is 6.30. The van der Waals surface area contributed by atoms with Gasteiger partial charge in [0.2, 0.25) is 5.91 Å². The Morgan fingerprint density at radius 3 is 2.77 bits per heavy atom. The van der Waals surface area contributed by atoms with Crippen LogP contribution in [-0.2, 0) is 4.79 Å². The number of hydrogen-bond acceptors (Lipinski definition) is 3. The first-order valence-electron chi connectivity index (χ1n) is 8.08. The molecule has 1 aliphatic heterocycles. The molecule has 1 heterocycles. The number of amides is 1. The molecule has 1 atom stereocenters. The Bertz CT molecular complexity index is 489. The van der Waals surface area contributed by atoms with E-state index in [-0.39, 0.29) is 11.9 Å². The molecule has 0 aromatic heterocycles. The van der Waals surface area contributed by atoms with Crippen LogP contribution in [0.3, 0.4) is 0 Å². The largest absolute Gasteiger partial charge is 0.338 e. The third kappa shape index (κ3) is 4.45. The summed E-state index contributed by atoms with van der Waals surface area (Å²) in [7, 11) is 2.03. The van der Waals surface area contributed by atoms with Crippen LogP contribution in [0.25, 0.3) is 0 Å². The maximum atomic E-state index is 13.0. The van der Waals surface area contributed by atoms with Crippen LogP contribution in [0.5, 0.6) is 0 Å². The first-order chi connectivity index (χ1) is 10.6. The fourth-order valence-corrected chi connectivity index (χ4v) is 3.06. The zero-order valence-corrected chi connectivity index (χ0v) is 14.3. The second kappa shape index (κ2) is 8.51. The molecular weight excluding hydrogens is 298 g/mol. The number of halogens is 1. The van der Waals surface area contributed by atoms with Crippen LogP contribution < -0.4 is 5.32 Å². The SMILES string of the molecule is CCCCN(C)C(C(=O)N1CCNCC1)c1cccc(Cl)c1. The quantitative estimate of drug-likeness (QED) is 0.874. The minimum absolute atomic E-state index is 0.183. The van der Waals surface area contributed by atoms with Crippen LogP contribution in [0.4, 0.5) is 0 Å². The van der Waals surface area contributed by atoms with Crippen molar-refractivity contribution in [1.29, 1.82) is 0 Å². The van der Waals surface area contributed by atoms with Gasteiger partial charge in [-0.2, -0.15) is 0 Å². The Morgan fingerprint density at radius 2 is 2.14 bits per heavy atom. The molecule has 1 aromatic carbocycles. The predicted octanol–water partition coefficient (Wildman–Crippen LogP) is 2.54. The van der Waals surface area contributed by atoms with Gasteiger partial charge in [0, 0.05) is 31.2 Å². The molecule has 1 saturated heterocycles. The molecular formula is C17H26ClN3O. The number of hydrogen-bond donors (Lipinski definition) is 1. The van der Waals surface area contributed by atoms with Crippen molar-refractivity contribution in [2.24, 2.45) is 0 Å². The first kappa shape index (κ1) is 17.3. The third-order valence-electron chi connectivity index (χ3n) is 4.13. The number of benzene rings is 1. The van der Waals surface area contributed by atoms with Gasteiger partial charge >= 0.3 is 0 Å². The van der Waals surface area contributed by atoms with Gasteiger partial charge in [0.05, 0.1) is 0 Å². The number of piperazine rings is 1. The van der Waals surface area contributed by atoms with Crippen molar-refractivity contribution in [2.45, 2.75) is 25.8 Å². The van der Waals surface area contributed by atoms with Crippen LogP contribution in [-0.4, -0.2) is 55.5 Å². The molecule has 1 aromatic rings. The number of carbonyl (C=O) groups is 1. The molecule has 1 unspecified atom stereocenters.